The van der Waals surface area contributed by atoms with Gasteiger partial charge >= 0.3 is 12.1 Å². The number of hydrogen-bond donors (Lipinski definition) is 1. The molecule has 0 saturated heterocycles. The Morgan fingerprint density at radius 2 is 1.89 bits per heavy atom. The van der Waals surface area contributed by atoms with E-state index in [1.54, 1.807) is 13.8 Å². The fraction of sp³-hybridized carbons (Fsp3) is 0.636. The van der Waals surface area contributed by atoms with Crippen LogP contribution in [-0.2, 0) is 0 Å². The van der Waals surface area contributed by atoms with Gasteiger partial charge in [0.2, 0.25) is 0 Å². The molecule has 0 aromatic carbocycles. The highest BCUT2D eigenvalue weighted by Crippen LogP contribution is 2.47. The highest BCUT2D eigenvalue weighted by atomic mass is 35.5. The number of nitrogens with one attached hydrogen (secondary N) is 1. The fourth-order valence-corrected chi connectivity index (χ4v) is 2.82. The van der Waals surface area contributed by atoms with Gasteiger partial charge in [0.1, 0.15) is 6.04 Å². The molecule has 0 radical (unpaired) electrons. The first-order valence-electron chi connectivity index (χ1n) is 5.55. The highest BCUT2D eigenvalue weighted by molar-refractivity contribution is 7.16. The second kappa shape index (κ2) is 5.93. The van der Waals surface area contributed by atoms with Crippen LogP contribution in [0.2, 0.25) is 4.34 Å². The molecular formula is C11H13ClF5NS. The van der Waals surface area contributed by atoms with E-state index in [1.165, 1.54) is 6.07 Å². The minimum absolute atomic E-state index is 0.0604. The maximum absolute atomic E-state index is 13.5. The topological polar surface area (TPSA) is 12.0 Å². The zero-order valence-electron chi connectivity index (χ0n) is 10.2. The molecule has 0 bridgehead atoms. The molecule has 0 aliphatic carbocycles. The van der Waals surface area contributed by atoms with E-state index in [2.05, 4.69) is 5.32 Å². The molecule has 1 N–H and O–H groups in total. The van der Waals surface area contributed by atoms with E-state index in [-0.39, 0.29) is 15.8 Å². The van der Waals surface area contributed by atoms with E-state index in [1.807, 2.05) is 0 Å². The van der Waals surface area contributed by atoms with E-state index < -0.39 is 18.1 Å². The van der Waals surface area contributed by atoms with E-state index in [0.29, 0.717) is 12.0 Å². The van der Waals surface area contributed by atoms with Crippen LogP contribution in [0.15, 0.2) is 6.07 Å². The molecule has 0 fully saturated rings. The van der Waals surface area contributed by atoms with Crippen LogP contribution in [0.3, 0.4) is 0 Å². The predicted octanol–water partition coefficient (Wildman–Crippen LogP) is 4.95. The summed E-state index contributed by atoms with van der Waals surface area (Å²) in [6.07, 6.45) is -5.16. The van der Waals surface area contributed by atoms with Crippen LogP contribution in [0.1, 0.15) is 29.8 Å². The maximum Gasteiger partial charge on any atom is 0.455 e. The summed E-state index contributed by atoms with van der Waals surface area (Å²) in [4.78, 5) is -0.113. The Kier molecular flexibility index (Phi) is 5.20. The molecule has 8 heteroatoms. The summed E-state index contributed by atoms with van der Waals surface area (Å²) >= 11 is 6.48. The first-order valence-corrected chi connectivity index (χ1v) is 6.74. The smallest absolute Gasteiger partial charge is 0.304 e. The first-order chi connectivity index (χ1) is 8.61. The van der Waals surface area contributed by atoms with Gasteiger partial charge in [0.25, 0.3) is 0 Å². The van der Waals surface area contributed by atoms with Crippen molar-refractivity contribution in [3.63, 3.8) is 0 Å². The van der Waals surface area contributed by atoms with Crippen molar-refractivity contribution in [3.8, 4) is 0 Å². The van der Waals surface area contributed by atoms with Gasteiger partial charge in [0.15, 0.2) is 0 Å². The van der Waals surface area contributed by atoms with E-state index in [9.17, 15) is 22.0 Å². The van der Waals surface area contributed by atoms with Crippen LogP contribution in [0, 0.1) is 6.92 Å². The minimum atomic E-state index is -5.61. The van der Waals surface area contributed by atoms with Crippen molar-refractivity contribution in [2.45, 2.75) is 38.4 Å². The van der Waals surface area contributed by atoms with Gasteiger partial charge < -0.3 is 5.32 Å². The second-order valence-corrected chi connectivity index (χ2v) is 5.80. The van der Waals surface area contributed by atoms with Crippen molar-refractivity contribution < 1.29 is 22.0 Å². The number of alkyl halides is 5. The summed E-state index contributed by atoms with van der Waals surface area (Å²) in [6, 6.07) is -0.844. The van der Waals surface area contributed by atoms with E-state index in [4.69, 9.17) is 11.6 Å². The molecule has 1 atom stereocenters. The molecule has 0 aliphatic heterocycles. The molecule has 0 spiro atoms. The maximum atomic E-state index is 13.5. The van der Waals surface area contributed by atoms with Crippen molar-refractivity contribution in [1.29, 1.82) is 0 Å². The Balaban J connectivity index is 3.14. The first kappa shape index (κ1) is 16.7. The fourth-order valence-electron chi connectivity index (χ4n) is 1.49. The van der Waals surface area contributed by atoms with Crippen LogP contribution in [-0.4, -0.2) is 18.6 Å². The summed E-state index contributed by atoms with van der Waals surface area (Å²) in [6.45, 7) is 3.30. The lowest BCUT2D eigenvalue weighted by Gasteiger charge is -2.28. The molecule has 19 heavy (non-hydrogen) atoms. The van der Waals surface area contributed by atoms with Crippen molar-refractivity contribution in [3.05, 3.63) is 20.8 Å². The molecule has 1 aromatic heterocycles. The van der Waals surface area contributed by atoms with Gasteiger partial charge in [-0.2, -0.15) is 22.0 Å². The number of aryl methyl sites for hydroxylation is 1. The average molecular weight is 322 g/mol. The van der Waals surface area contributed by atoms with Crippen molar-refractivity contribution >= 4 is 22.9 Å². The van der Waals surface area contributed by atoms with Gasteiger partial charge in [-0.05, 0) is 31.5 Å². The Morgan fingerprint density at radius 3 is 2.26 bits per heavy atom. The third-order valence-corrected chi connectivity index (χ3v) is 4.12. The second-order valence-electron chi connectivity index (χ2n) is 4.11. The summed E-state index contributed by atoms with van der Waals surface area (Å²) in [5, 5.41) is 2.25. The minimum Gasteiger partial charge on any atom is -0.304 e. The van der Waals surface area contributed by atoms with Gasteiger partial charge in [-0.3, -0.25) is 0 Å². The van der Waals surface area contributed by atoms with Crippen LogP contribution in [0.4, 0.5) is 22.0 Å². The summed E-state index contributed by atoms with van der Waals surface area (Å²) in [5.41, 5.74) is 0.489. The quantitative estimate of drug-likeness (QED) is 0.757. The Bertz CT molecular complexity index is 410. The van der Waals surface area contributed by atoms with Crippen LogP contribution in [0.25, 0.3) is 0 Å². The third kappa shape index (κ3) is 3.58. The zero-order valence-corrected chi connectivity index (χ0v) is 11.8. The predicted molar refractivity (Wildman–Crippen MR) is 66.1 cm³/mol. The van der Waals surface area contributed by atoms with Crippen LogP contribution in [0.5, 0.6) is 0 Å². The molecule has 1 unspecified atom stereocenters. The molecule has 0 aliphatic rings. The Morgan fingerprint density at radius 1 is 1.32 bits per heavy atom. The van der Waals surface area contributed by atoms with E-state index >= 15 is 0 Å². The largest absolute Gasteiger partial charge is 0.455 e. The SMILES string of the molecule is CCCNC(c1cc(C)c(Cl)s1)C(F)(F)C(F)(F)F. The lowest BCUT2D eigenvalue weighted by molar-refractivity contribution is -0.294. The molecule has 1 nitrogen and oxygen atoms in total. The summed E-state index contributed by atoms with van der Waals surface area (Å²) in [5.74, 6) is -4.84. The van der Waals surface area contributed by atoms with Gasteiger partial charge in [0.05, 0.1) is 4.34 Å². The van der Waals surface area contributed by atoms with Crippen molar-refractivity contribution in [2.75, 3.05) is 6.54 Å². The van der Waals surface area contributed by atoms with Gasteiger partial charge in [-0.1, -0.05) is 18.5 Å². The Labute approximate surface area is 116 Å². The molecular weight excluding hydrogens is 309 g/mol. The third-order valence-electron chi connectivity index (χ3n) is 2.50. The van der Waals surface area contributed by atoms with Gasteiger partial charge in [-0.15, -0.1) is 11.3 Å². The lowest BCUT2D eigenvalue weighted by Crippen LogP contribution is -2.47. The zero-order chi connectivity index (χ0) is 14.8. The normalized spacial score (nSPS) is 14.7. The summed E-state index contributed by atoms with van der Waals surface area (Å²) < 4.78 is 64.7. The van der Waals surface area contributed by atoms with Crippen LogP contribution < -0.4 is 5.32 Å². The molecule has 0 saturated carbocycles. The number of hydrogen-bond acceptors (Lipinski definition) is 2. The molecule has 1 heterocycles. The van der Waals surface area contributed by atoms with Crippen molar-refractivity contribution in [1.82, 2.24) is 5.32 Å². The van der Waals surface area contributed by atoms with Crippen LogP contribution >= 0.6 is 22.9 Å². The average Bonchev–Trinajstić information content (AvgIpc) is 2.57. The monoisotopic (exact) mass is 321 g/mol. The lowest BCUT2D eigenvalue weighted by atomic mass is 10.1. The highest BCUT2D eigenvalue weighted by Gasteiger charge is 2.63. The van der Waals surface area contributed by atoms with Gasteiger partial charge in [0, 0.05) is 4.88 Å². The van der Waals surface area contributed by atoms with Gasteiger partial charge in [-0.25, -0.2) is 0 Å². The molecule has 1 aromatic rings. The number of rotatable bonds is 5. The molecule has 110 valence electrons. The summed E-state index contributed by atoms with van der Waals surface area (Å²) in [7, 11) is 0. The Hall–Kier alpha value is -0.400. The molecule has 0 amide bonds. The van der Waals surface area contributed by atoms with E-state index in [0.717, 1.165) is 11.3 Å². The number of thiophene rings is 1. The van der Waals surface area contributed by atoms with Crippen molar-refractivity contribution in [2.24, 2.45) is 0 Å². The molecule has 1 rings (SSSR count). The standard InChI is InChI=1S/C11H13ClF5NS/c1-3-4-18-8(10(13,14)11(15,16)17)7-5-6(2)9(12)19-7/h5,8,18H,3-4H2,1-2H3. The number of halogens is 6.